The molecule has 1 atom stereocenters. The lowest BCUT2D eigenvalue weighted by Crippen LogP contribution is -2.21. The Morgan fingerprint density at radius 2 is 2.05 bits per heavy atom. The fraction of sp³-hybridized carbons (Fsp3) is 0.538. The van der Waals surface area contributed by atoms with Crippen molar-refractivity contribution in [1.29, 1.82) is 0 Å². The van der Waals surface area contributed by atoms with Crippen LogP contribution in [0.4, 0.5) is 5.69 Å². The molecule has 0 amide bonds. The molecule has 0 bridgehead atoms. The SMILES string of the molecule is CCOc1ccc(N)c(S(=O)(=O)C(C)CCOC)c1. The van der Waals surface area contributed by atoms with Gasteiger partial charge in [0.15, 0.2) is 9.84 Å². The highest BCUT2D eigenvalue weighted by Crippen LogP contribution is 2.28. The number of rotatable bonds is 7. The fourth-order valence-electron chi connectivity index (χ4n) is 1.67. The molecule has 0 heterocycles. The van der Waals surface area contributed by atoms with Crippen LogP contribution < -0.4 is 10.5 Å². The van der Waals surface area contributed by atoms with Gasteiger partial charge in [-0.3, -0.25) is 0 Å². The Morgan fingerprint density at radius 1 is 1.37 bits per heavy atom. The number of ether oxygens (including phenoxy) is 2. The zero-order chi connectivity index (χ0) is 14.5. The van der Waals surface area contributed by atoms with Gasteiger partial charge in [-0.25, -0.2) is 8.42 Å². The summed E-state index contributed by atoms with van der Waals surface area (Å²) in [6.45, 7) is 4.36. The van der Waals surface area contributed by atoms with Gasteiger partial charge in [-0.1, -0.05) is 0 Å². The number of hydrogen-bond donors (Lipinski definition) is 1. The molecule has 0 aliphatic heterocycles. The van der Waals surface area contributed by atoms with E-state index < -0.39 is 15.1 Å². The van der Waals surface area contributed by atoms with E-state index in [0.717, 1.165) is 0 Å². The number of benzene rings is 1. The van der Waals surface area contributed by atoms with Crippen LogP contribution in [-0.2, 0) is 14.6 Å². The second kappa shape index (κ2) is 6.77. The third kappa shape index (κ3) is 3.84. The lowest BCUT2D eigenvalue weighted by molar-refractivity contribution is 0.194. The molecule has 0 fully saturated rings. The van der Waals surface area contributed by atoms with Crippen molar-refractivity contribution in [2.75, 3.05) is 26.1 Å². The first-order chi connectivity index (χ1) is 8.93. The molecular formula is C13H21NO4S. The Morgan fingerprint density at radius 3 is 2.63 bits per heavy atom. The van der Waals surface area contributed by atoms with Crippen molar-refractivity contribution in [2.45, 2.75) is 30.4 Å². The van der Waals surface area contributed by atoms with E-state index in [0.29, 0.717) is 25.4 Å². The van der Waals surface area contributed by atoms with Gasteiger partial charge in [0.05, 0.1) is 22.4 Å². The van der Waals surface area contributed by atoms with E-state index in [-0.39, 0.29) is 10.6 Å². The van der Waals surface area contributed by atoms with Crippen LogP contribution in [0.2, 0.25) is 0 Å². The first-order valence-corrected chi connectivity index (χ1v) is 7.73. The van der Waals surface area contributed by atoms with E-state index in [1.54, 1.807) is 26.2 Å². The van der Waals surface area contributed by atoms with Crippen molar-refractivity contribution in [1.82, 2.24) is 0 Å². The minimum absolute atomic E-state index is 0.127. The predicted octanol–water partition coefficient (Wildman–Crippen LogP) is 1.87. The highest BCUT2D eigenvalue weighted by molar-refractivity contribution is 7.92. The summed E-state index contributed by atoms with van der Waals surface area (Å²) in [6.07, 6.45) is 0.428. The number of nitrogens with two attached hydrogens (primary N) is 1. The molecule has 19 heavy (non-hydrogen) atoms. The molecule has 0 aromatic heterocycles. The Balaban J connectivity index is 3.09. The molecule has 1 rings (SSSR count). The molecule has 0 radical (unpaired) electrons. The third-order valence-corrected chi connectivity index (χ3v) is 5.12. The van der Waals surface area contributed by atoms with Crippen LogP contribution in [0, 0.1) is 0 Å². The Kier molecular flexibility index (Phi) is 5.62. The van der Waals surface area contributed by atoms with E-state index >= 15 is 0 Å². The maximum absolute atomic E-state index is 12.4. The second-order valence-electron chi connectivity index (χ2n) is 4.27. The first-order valence-electron chi connectivity index (χ1n) is 6.18. The predicted molar refractivity (Wildman–Crippen MR) is 75.2 cm³/mol. The summed E-state index contributed by atoms with van der Waals surface area (Å²) in [7, 11) is -1.92. The van der Waals surface area contributed by atoms with Crippen LogP contribution in [0.15, 0.2) is 23.1 Å². The van der Waals surface area contributed by atoms with Crippen LogP contribution in [0.1, 0.15) is 20.3 Å². The molecule has 0 spiro atoms. The molecule has 5 nitrogen and oxygen atoms in total. The van der Waals surface area contributed by atoms with Crippen molar-refractivity contribution in [3.63, 3.8) is 0 Å². The van der Waals surface area contributed by atoms with Crippen molar-refractivity contribution in [3.8, 4) is 5.75 Å². The molecule has 0 aliphatic rings. The Bertz CT molecular complexity index is 513. The molecule has 1 aromatic rings. The molecule has 1 aromatic carbocycles. The smallest absolute Gasteiger partial charge is 0.183 e. The third-order valence-electron chi connectivity index (χ3n) is 2.86. The summed E-state index contributed by atoms with van der Waals surface area (Å²) in [5.74, 6) is 0.509. The molecule has 6 heteroatoms. The molecule has 0 aliphatic carbocycles. The average molecular weight is 287 g/mol. The number of methoxy groups -OCH3 is 1. The zero-order valence-electron chi connectivity index (χ0n) is 11.5. The van der Waals surface area contributed by atoms with Crippen LogP contribution in [0.3, 0.4) is 0 Å². The number of anilines is 1. The summed E-state index contributed by atoms with van der Waals surface area (Å²) < 4.78 is 35.1. The van der Waals surface area contributed by atoms with Gasteiger partial charge in [-0.15, -0.1) is 0 Å². The average Bonchev–Trinajstić information content (AvgIpc) is 2.38. The van der Waals surface area contributed by atoms with Crippen LogP contribution in [0.25, 0.3) is 0 Å². The lowest BCUT2D eigenvalue weighted by Gasteiger charge is -2.15. The standard InChI is InChI=1S/C13H21NO4S/c1-4-18-11-5-6-12(14)13(9-11)19(15,16)10(2)7-8-17-3/h5-6,9-10H,4,7-8,14H2,1-3H3. The minimum atomic E-state index is -3.47. The second-order valence-corrected chi connectivity index (χ2v) is 6.60. The van der Waals surface area contributed by atoms with Crippen LogP contribution in [0.5, 0.6) is 5.75 Å². The summed E-state index contributed by atoms with van der Waals surface area (Å²) in [5.41, 5.74) is 6.02. The van der Waals surface area contributed by atoms with Gasteiger partial charge < -0.3 is 15.2 Å². The summed E-state index contributed by atoms with van der Waals surface area (Å²) >= 11 is 0. The number of nitrogen functional groups attached to an aromatic ring is 1. The maximum Gasteiger partial charge on any atom is 0.183 e. The molecule has 0 saturated carbocycles. The highest BCUT2D eigenvalue weighted by Gasteiger charge is 2.25. The molecule has 108 valence electrons. The van der Waals surface area contributed by atoms with E-state index in [4.69, 9.17) is 15.2 Å². The van der Waals surface area contributed by atoms with Gasteiger partial charge in [0.25, 0.3) is 0 Å². The van der Waals surface area contributed by atoms with Gasteiger partial charge in [0, 0.05) is 19.8 Å². The molecule has 2 N–H and O–H groups in total. The summed E-state index contributed by atoms with van der Waals surface area (Å²) in [4.78, 5) is 0.127. The lowest BCUT2D eigenvalue weighted by atomic mass is 10.3. The van der Waals surface area contributed by atoms with Gasteiger partial charge >= 0.3 is 0 Å². The number of hydrogen-bond acceptors (Lipinski definition) is 5. The first kappa shape index (κ1) is 15.8. The van der Waals surface area contributed by atoms with E-state index in [1.165, 1.54) is 6.07 Å². The summed E-state index contributed by atoms with van der Waals surface area (Å²) in [6, 6.07) is 4.70. The van der Waals surface area contributed by atoms with Gasteiger partial charge in [0.2, 0.25) is 0 Å². The monoisotopic (exact) mass is 287 g/mol. The van der Waals surface area contributed by atoms with E-state index in [2.05, 4.69) is 0 Å². The quantitative estimate of drug-likeness (QED) is 0.774. The van der Waals surface area contributed by atoms with Crippen LogP contribution >= 0.6 is 0 Å². The van der Waals surface area contributed by atoms with Crippen molar-refractivity contribution in [2.24, 2.45) is 0 Å². The van der Waals surface area contributed by atoms with E-state index in [9.17, 15) is 8.42 Å². The molecular weight excluding hydrogens is 266 g/mol. The fourth-order valence-corrected chi connectivity index (χ4v) is 3.19. The minimum Gasteiger partial charge on any atom is -0.494 e. The molecule has 0 saturated heterocycles. The Hall–Kier alpha value is -1.27. The normalized spacial score (nSPS) is 13.2. The number of sulfone groups is 1. The van der Waals surface area contributed by atoms with Gasteiger partial charge in [-0.05, 0) is 32.4 Å². The molecule has 1 unspecified atom stereocenters. The largest absolute Gasteiger partial charge is 0.494 e. The Labute approximate surface area is 114 Å². The highest BCUT2D eigenvalue weighted by atomic mass is 32.2. The van der Waals surface area contributed by atoms with Crippen molar-refractivity contribution >= 4 is 15.5 Å². The summed E-state index contributed by atoms with van der Waals surface area (Å²) in [5, 5.41) is -0.549. The topological polar surface area (TPSA) is 78.6 Å². The van der Waals surface area contributed by atoms with E-state index in [1.807, 2.05) is 6.92 Å². The van der Waals surface area contributed by atoms with Gasteiger partial charge in [-0.2, -0.15) is 0 Å². The van der Waals surface area contributed by atoms with Crippen molar-refractivity contribution in [3.05, 3.63) is 18.2 Å². The zero-order valence-corrected chi connectivity index (χ0v) is 12.4. The van der Waals surface area contributed by atoms with Crippen LogP contribution in [-0.4, -0.2) is 34.0 Å². The van der Waals surface area contributed by atoms with Gasteiger partial charge in [0.1, 0.15) is 5.75 Å². The van der Waals surface area contributed by atoms with Crippen molar-refractivity contribution < 1.29 is 17.9 Å². The maximum atomic E-state index is 12.4.